The fourth-order valence-electron chi connectivity index (χ4n) is 1.30. The maximum absolute atomic E-state index is 12.5. The third-order valence-corrected chi connectivity index (χ3v) is 2.02. The predicted octanol–water partition coefficient (Wildman–Crippen LogP) is 1.79. The maximum atomic E-state index is 12.5. The van der Waals surface area contributed by atoms with E-state index in [0.29, 0.717) is 0 Å². The number of aromatic carboxylic acids is 1. The van der Waals surface area contributed by atoms with Crippen molar-refractivity contribution in [3.63, 3.8) is 0 Å². The summed E-state index contributed by atoms with van der Waals surface area (Å²) in [5.41, 5.74) is -1.55. The van der Waals surface area contributed by atoms with E-state index in [1.54, 1.807) is 7.05 Å². The minimum atomic E-state index is -4.90. The Morgan fingerprint density at radius 3 is 2.56 bits per heavy atom. The van der Waals surface area contributed by atoms with Crippen molar-refractivity contribution in [2.75, 3.05) is 0 Å². The van der Waals surface area contributed by atoms with Crippen LogP contribution in [0.1, 0.15) is 16.2 Å². The van der Waals surface area contributed by atoms with Crippen LogP contribution in [0.3, 0.4) is 0 Å². The largest absolute Gasteiger partial charge is 0.475 e. The van der Waals surface area contributed by atoms with Crippen LogP contribution in [0.5, 0.6) is 0 Å². The number of alkyl halides is 3. The maximum Gasteiger partial charge on any atom is 0.437 e. The molecule has 2 aromatic heterocycles. The Morgan fingerprint density at radius 1 is 1.50 bits per heavy atom. The summed E-state index contributed by atoms with van der Waals surface area (Å²) >= 11 is 0. The molecule has 2 heterocycles. The first-order chi connectivity index (χ1) is 8.29. The number of rotatable bonds is 2. The van der Waals surface area contributed by atoms with E-state index in [4.69, 9.17) is 5.11 Å². The lowest BCUT2D eigenvalue weighted by Gasteiger charge is -2.00. The van der Waals surface area contributed by atoms with Gasteiger partial charge in [0.1, 0.15) is 5.69 Å². The first-order valence-electron chi connectivity index (χ1n) is 4.60. The Hall–Kier alpha value is -2.32. The number of halogens is 3. The second-order valence-corrected chi connectivity index (χ2v) is 3.37. The molecule has 2 rings (SSSR count). The number of oxazole rings is 1. The summed E-state index contributed by atoms with van der Waals surface area (Å²) in [5, 5.41) is 12.4. The van der Waals surface area contributed by atoms with Crippen molar-refractivity contribution in [3.8, 4) is 11.6 Å². The van der Waals surface area contributed by atoms with Gasteiger partial charge in [-0.05, 0) is 6.07 Å². The molecule has 9 heteroatoms. The molecule has 0 aliphatic rings. The lowest BCUT2D eigenvalue weighted by Crippen LogP contribution is -2.11. The number of aryl methyl sites for hydroxylation is 1. The van der Waals surface area contributed by atoms with Gasteiger partial charge in [0.25, 0.3) is 0 Å². The third kappa shape index (κ3) is 2.06. The van der Waals surface area contributed by atoms with Crippen molar-refractivity contribution in [1.29, 1.82) is 0 Å². The minimum Gasteiger partial charge on any atom is -0.475 e. The van der Waals surface area contributed by atoms with Crippen molar-refractivity contribution < 1.29 is 27.5 Å². The van der Waals surface area contributed by atoms with E-state index in [0.717, 1.165) is 0 Å². The predicted molar refractivity (Wildman–Crippen MR) is 50.7 cm³/mol. The topological polar surface area (TPSA) is 81.2 Å². The molecule has 0 atom stereocenters. The standard InChI is InChI=1S/C9H6F3N3O3/c1-15-3-2-4(14-15)7-13-6(9(10,11)12)5(18-7)8(16)17/h2-3H,1H3,(H,16,17). The first-order valence-corrected chi connectivity index (χ1v) is 4.60. The Labute approximate surface area is 97.7 Å². The van der Waals surface area contributed by atoms with Gasteiger partial charge in [-0.25, -0.2) is 9.78 Å². The normalized spacial score (nSPS) is 11.8. The molecular formula is C9H6F3N3O3. The number of hydrogen-bond donors (Lipinski definition) is 1. The molecule has 0 spiro atoms. The van der Waals surface area contributed by atoms with E-state index < -0.39 is 29.5 Å². The van der Waals surface area contributed by atoms with Gasteiger partial charge in [-0.2, -0.15) is 18.3 Å². The molecule has 0 aliphatic carbocycles. The van der Waals surface area contributed by atoms with E-state index in [1.165, 1.54) is 16.9 Å². The average molecular weight is 261 g/mol. The van der Waals surface area contributed by atoms with Gasteiger partial charge in [0, 0.05) is 13.2 Å². The number of carboxylic acids is 1. The summed E-state index contributed by atoms with van der Waals surface area (Å²) < 4.78 is 43.5. The second kappa shape index (κ2) is 3.86. The molecule has 0 fully saturated rings. The molecule has 2 aromatic rings. The SMILES string of the molecule is Cn1ccc(-c2nc(C(F)(F)F)c(C(=O)O)o2)n1. The molecule has 0 unspecified atom stereocenters. The highest BCUT2D eigenvalue weighted by Crippen LogP contribution is 2.33. The Bertz CT molecular complexity index is 600. The van der Waals surface area contributed by atoms with Crippen molar-refractivity contribution in [3.05, 3.63) is 23.7 Å². The summed E-state index contributed by atoms with van der Waals surface area (Å²) in [6.45, 7) is 0. The van der Waals surface area contributed by atoms with Crippen LogP contribution in [-0.2, 0) is 13.2 Å². The molecule has 0 radical (unpaired) electrons. The number of nitrogens with zero attached hydrogens (tertiary/aromatic N) is 3. The van der Waals surface area contributed by atoms with Gasteiger partial charge in [0.2, 0.25) is 11.7 Å². The van der Waals surface area contributed by atoms with Crippen LogP contribution < -0.4 is 0 Å². The summed E-state index contributed by atoms with van der Waals surface area (Å²) in [6.07, 6.45) is -3.43. The molecule has 6 nitrogen and oxygen atoms in total. The van der Waals surface area contributed by atoms with Gasteiger partial charge >= 0.3 is 12.1 Å². The van der Waals surface area contributed by atoms with Gasteiger partial charge < -0.3 is 9.52 Å². The zero-order chi connectivity index (χ0) is 13.5. The summed E-state index contributed by atoms with van der Waals surface area (Å²) in [7, 11) is 1.55. The zero-order valence-corrected chi connectivity index (χ0v) is 8.89. The highest BCUT2D eigenvalue weighted by Gasteiger charge is 2.41. The number of aromatic nitrogens is 3. The smallest absolute Gasteiger partial charge is 0.437 e. The van der Waals surface area contributed by atoms with Gasteiger partial charge in [-0.3, -0.25) is 4.68 Å². The lowest BCUT2D eigenvalue weighted by atomic mass is 10.3. The quantitative estimate of drug-likeness (QED) is 0.891. The van der Waals surface area contributed by atoms with E-state index >= 15 is 0 Å². The highest BCUT2D eigenvalue weighted by molar-refractivity contribution is 5.86. The van der Waals surface area contributed by atoms with Crippen molar-refractivity contribution in [1.82, 2.24) is 14.8 Å². The highest BCUT2D eigenvalue weighted by atomic mass is 19.4. The Kier molecular flexibility index (Phi) is 2.60. The van der Waals surface area contributed by atoms with Crippen LogP contribution >= 0.6 is 0 Å². The number of carboxylic acid groups (broad SMARTS) is 1. The van der Waals surface area contributed by atoms with Crippen LogP contribution in [0.15, 0.2) is 16.7 Å². The van der Waals surface area contributed by atoms with Crippen molar-refractivity contribution >= 4 is 5.97 Å². The number of carbonyl (C=O) groups is 1. The van der Waals surface area contributed by atoms with Gasteiger partial charge in [0.05, 0.1) is 0 Å². The monoisotopic (exact) mass is 261 g/mol. The lowest BCUT2D eigenvalue weighted by molar-refractivity contribution is -0.141. The van der Waals surface area contributed by atoms with Crippen LogP contribution in [-0.4, -0.2) is 25.8 Å². The Balaban J connectivity index is 2.56. The summed E-state index contributed by atoms with van der Waals surface area (Å²) in [5.74, 6) is -3.57. The van der Waals surface area contributed by atoms with Crippen LogP contribution in [0, 0.1) is 0 Å². The fraction of sp³-hybridized carbons (Fsp3) is 0.222. The summed E-state index contributed by atoms with van der Waals surface area (Å²) in [4.78, 5) is 13.8. The van der Waals surface area contributed by atoms with E-state index in [2.05, 4.69) is 14.5 Å². The zero-order valence-electron chi connectivity index (χ0n) is 8.89. The molecule has 0 amide bonds. The summed E-state index contributed by atoms with van der Waals surface area (Å²) in [6, 6.07) is 1.36. The third-order valence-electron chi connectivity index (χ3n) is 2.02. The second-order valence-electron chi connectivity index (χ2n) is 3.37. The minimum absolute atomic E-state index is 0.0236. The molecule has 18 heavy (non-hydrogen) atoms. The Morgan fingerprint density at radius 2 is 2.17 bits per heavy atom. The molecule has 0 bridgehead atoms. The van der Waals surface area contributed by atoms with Gasteiger partial charge in [-0.15, -0.1) is 0 Å². The molecule has 96 valence electrons. The van der Waals surface area contributed by atoms with Crippen LogP contribution in [0.25, 0.3) is 11.6 Å². The molecule has 0 aromatic carbocycles. The molecular weight excluding hydrogens is 255 g/mol. The van der Waals surface area contributed by atoms with E-state index in [9.17, 15) is 18.0 Å². The molecule has 0 saturated carbocycles. The van der Waals surface area contributed by atoms with Crippen molar-refractivity contribution in [2.24, 2.45) is 7.05 Å². The van der Waals surface area contributed by atoms with E-state index in [-0.39, 0.29) is 5.69 Å². The average Bonchev–Trinajstić information content (AvgIpc) is 2.81. The first kappa shape index (κ1) is 12.1. The molecule has 0 saturated heterocycles. The van der Waals surface area contributed by atoms with Crippen molar-refractivity contribution in [2.45, 2.75) is 6.18 Å². The van der Waals surface area contributed by atoms with E-state index in [1.807, 2.05) is 0 Å². The van der Waals surface area contributed by atoms with Crippen LogP contribution in [0.4, 0.5) is 13.2 Å². The molecule has 1 N–H and O–H groups in total. The van der Waals surface area contributed by atoms with Gasteiger partial charge in [-0.1, -0.05) is 0 Å². The molecule has 0 aliphatic heterocycles. The fourth-order valence-corrected chi connectivity index (χ4v) is 1.30. The van der Waals surface area contributed by atoms with Crippen LogP contribution in [0.2, 0.25) is 0 Å². The number of hydrogen-bond acceptors (Lipinski definition) is 4. The van der Waals surface area contributed by atoms with Gasteiger partial charge in [0.15, 0.2) is 5.69 Å².